The Bertz CT molecular complexity index is 1030. The first-order chi connectivity index (χ1) is 14.7. The molecule has 0 heterocycles. The minimum absolute atomic E-state index is 0.308. The summed E-state index contributed by atoms with van der Waals surface area (Å²) < 4.78 is 0. The first-order valence-corrected chi connectivity index (χ1v) is 11.3. The summed E-state index contributed by atoms with van der Waals surface area (Å²) in [6, 6.07) is 21.3. The Hall–Kier alpha value is -2.86. The molecule has 0 radical (unpaired) electrons. The molecule has 0 atom stereocenters. The van der Waals surface area contributed by atoms with Crippen molar-refractivity contribution in [2.75, 3.05) is 0 Å². The molecule has 158 valence electrons. The predicted octanol–water partition coefficient (Wildman–Crippen LogP) is 8.15. The van der Waals surface area contributed by atoms with Crippen LogP contribution in [0.2, 0.25) is 0 Å². The van der Waals surface area contributed by atoms with Gasteiger partial charge in [0.2, 0.25) is 0 Å². The van der Waals surface area contributed by atoms with Crippen molar-refractivity contribution in [2.45, 2.75) is 60.3 Å². The third-order valence-electron chi connectivity index (χ3n) is 6.58. The molecule has 4 rings (SSSR count). The molecule has 0 nitrogen and oxygen atoms in total. The van der Waals surface area contributed by atoms with Crippen molar-refractivity contribution >= 4 is 0 Å². The molecule has 0 amide bonds. The standard InChI is InChI=1S/C31H34/c1-20-11-21(2)15-27(14-20)31(30-10-8-9-26(30)7,28-16-22(3)12-23(4)17-28)29-18-24(5)13-25(6)19-29/h8-9,11-19H,10H2,1-7H3. The Labute approximate surface area is 188 Å². The fourth-order valence-electron chi connectivity index (χ4n) is 5.66. The van der Waals surface area contributed by atoms with Gasteiger partial charge in [0.15, 0.2) is 0 Å². The summed E-state index contributed by atoms with van der Waals surface area (Å²) in [7, 11) is 0. The van der Waals surface area contributed by atoms with E-state index < -0.39 is 0 Å². The molecule has 1 aliphatic rings. The van der Waals surface area contributed by atoms with E-state index in [1.165, 1.54) is 61.2 Å². The zero-order valence-corrected chi connectivity index (χ0v) is 20.1. The van der Waals surface area contributed by atoms with E-state index in [1.807, 2.05) is 0 Å². The molecular formula is C31H34. The molecule has 0 heteroatoms. The van der Waals surface area contributed by atoms with Crippen LogP contribution in [0.15, 0.2) is 77.9 Å². The molecule has 3 aromatic carbocycles. The van der Waals surface area contributed by atoms with Crippen molar-refractivity contribution in [3.8, 4) is 0 Å². The average Bonchev–Trinajstić information content (AvgIpc) is 3.06. The van der Waals surface area contributed by atoms with Crippen LogP contribution in [0.5, 0.6) is 0 Å². The van der Waals surface area contributed by atoms with Crippen LogP contribution in [0.4, 0.5) is 0 Å². The zero-order chi connectivity index (χ0) is 22.3. The smallest absolute Gasteiger partial charge is 0.0670 e. The van der Waals surface area contributed by atoms with Crippen LogP contribution in [0.25, 0.3) is 0 Å². The minimum atomic E-state index is -0.308. The van der Waals surface area contributed by atoms with Gasteiger partial charge < -0.3 is 0 Å². The van der Waals surface area contributed by atoms with E-state index in [-0.39, 0.29) is 5.41 Å². The maximum atomic E-state index is 2.40. The van der Waals surface area contributed by atoms with Crippen molar-refractivity contribution in [1.29, 1.82) is 0 Å². The molecule has 0 aromatic heterocycles. The summed E-state index contributed by atoms with van der Waals surface area (Å²) in [4.78, 5) is 0. The lowest BCUT2D eigenvalue weighted by Crippen LogP contribution is -2.33. The lowest BCUT2D eigenvalue weighted by molar-refractivity contribution is 0.700. The SMILES string of the molecule is CC1=C(C(c2cc(C)cc(C)c2)(c2cc(C)cc(C)c2)c2cc(C)cc(C)c2)CC=C1. The summed E-state index contributed by atoms with van der Waals surface area (Å²) in [5, 5.41) is 0. The van der Waals surface area contributed by atoms with E-state index in [9.17, 15) is 0 Å². The van der Waals surface area contributed by atoms with Gasteiger partial charge in [-0.3, -0.25) is 0 Å². The Morgan fingerprint density at radius 1 is 0.484 bits per heavy atom. The van der Waals surface area contributed by atoms with E-state index in [0.717, 1.165) is 6.42 Å². The van der Waals surface area contributed by atoms with Crippen LogP contribution in [0.1, 0.15) is 63.4 Å². The summed E-state index contributed by atoms with van der Waals surface area (Å²) in [6.07, 6.45) is 5.62. The van der Waals surface area contributed by atoms with E-state index in [0.29, 0.717) is 0 Å². The molecule has 0 fully saturated rings. The normalized spacial score (nSPS) is 13.9. The zero-order valence-electron chi connectivity index (χ0n) is 20.1. The first-order valence-electron chi connectivity index (χ1n) is 11.3. The van der Waals surface area contributed by atoms with Crippen LogP contribution in [-0.4, -0.2) is 0 Å². The van der Waals surface area contributed by atoms with Gasteiger partial charge in [0.1, 0.15) is 0 Å². The molecule has 0 aliphatic heterocycles. The Morgan fingerprint density at radius 3 is 1.06 bits per heavy atom. The van der Waals surface area contributed by atoms with E-state index in [2.05, 4.69) is 115 Å². The van der Waals surface area contributed by atoms with Crippen LogP contribution in [0.3, 0.4) is 0 Å². The van der Waals surface area contributed by atoms with Gasteiger partial charge in [-0.1, -0.05) is 106 Å². The van der Waals surface area contributed by atoms with Crippen molar-refractivity contribution in [2.24, 2.45) is 0 Å². The third-order valence-corrected chi connectivity index (χ3v) is 6.58. The van der Waals surface area contributed by atoms with Gasteiger partial charge >= 0.3 is 0 Å². The number of aryl methyl sites for hydroxylation is 6. The highest BCUT2D eigenvalue weighted by Crippen LogP contribution is 2.50. The highest BCUT2D eigenvalue weighted by atomic mass is 14.4. The Kier molecular flexibility index (Phi) is 5.52. The number of hydrogen-bond donors (Lipinski definition) is 0. The molecule has 0 bridgehead atoms. The molecule has 3 aromatic rings. The number of benzene rings is 3. The maximum absolute atomic E-state index is 2.40. The van der Waals surface area contributed by atoms with Crippen LogP contribution < -0.4 is 0 Å². The fourth-order valence-corrected chi connectivity index (χ4v) is 5.66. The van der Waals surface area contributed by atoms with Gasteiger partial charge in [0, 0.05) is 0 Å². The molecule has 0 spiro atoms. The molecule has 1 aliphatic carbocycles. The fraction of sp³-hybridized carbons (Fsp3) is 0.290. The van der Waals surface area contributed by atoms with Crippen molar-refractivity contribution < 1.29 is 0 Å². The van der Waals surface area contributed by atoms with E-state index >= 15 is 0 Å². The maximum Gasteiger partial charge on any atom is 0.0670 e. The summed E-state index contributed by atoms with van der Waals surface area (Å²) >= 11 is 0. The molecule has 31 heavy (non-hydrogen) atoms. The monoisotopic (exact) mass is 406 g/mol. The second-order valence-corrected chi connectivity index (χ2v) is 9.65. The number of rotatable bonds is 4. The molecular weight excluding hydrogens is 372 g/mol. The third kappa shape index (κ3) is 3.81. The lowest BCUT2D eigenvalue weighted by Gasteiger charge is -2.40. The molecule has 0 saturated carbocycles. The highest BCUT2D eigenvalue weighted by Gasteiger charge is 2.42. The van der Waals surface area contributed by atoms with Crippen LogP contribution in [0, 0.1) is 41.5 Å². The molecule has 0 N–H and O–H groups in total. The quantitative estimate of drug-likeness (QED) is 0.383. The molecule has 0 saturated heterocycles. The lowest BCUT2D eigenvalue weighted by atomic mass is 9.62. The number of allylic oxidation sites excluding steroid dienone is 4. The van der Waals surface area contributed by atoms with Gasteiger partial charge in [0.05, 0.1) is 5.41 Å². The Morgan fingerprint density at radius 2 is 0.806 bits per heavy atom. The van der Waals surface area contributed by atoms with Crippen LogP contribution in [-0.2, 0) is 5.41 Å². The van der Waals surface area contributed by atoms with Crippen molar-refractivity contribution in [3.63, 3.8) is 0 Å². The topological polar surface area (TPSA) is 0 Å². The predicted molar refractivity (Wildman–Crippen MR) is 134 cm³/mol. The minimum Gasteiger partial charge on any atom is -0.0801 e. The summed E-state index contributed by atoms with van der Waals surface area (Å²) in [5.41, 5.74) is 14.6. The van der Waals surface area contributed by atoms with Gasteiger partial charge in [-0.2, -0.15) is 0 Å². The van der Waals surface area contributed by atoms with Gasteiger partial charge in [-0.05, 0) is 77.2 Å². The van der Waals surface area contributed by atoms with Gasteiger partial charge in [-0.15, -0.1) is 0 Å². The van der Waals surface area contributed by atoms with Crippen molar-refractivity contribution in [1.82, 2.24) is 0 Å². The van der Waals surface area contributed by atoms with Crippen molar-refractivity contribution in [3.05, 3.63) is 128 Å². The summed E-state index contributed by atoms with van der Waals surface area (Å²) in [6.45, 7) is 15.6. The second kappa shape index (κ2) is 8.00. The summed E-state index contributed by atoms with van der Waals surface area (Å²) in [5.74, 6) is 0. The molecule has 0 unspecified atom stereocenters. The highest BCUT2D eigenvalue weighted by molar-refractivity contribution is 5.64. The number of hydrogen-bond acceptors (Lipinski definition) is 0. The van der Waals surface area contributed by atoms with Gasteiger partial charge in [0.25, 0.3) is 0 Å². The van der Waals surface area contributed by atoms with Gasteiger partial charge in [-0.25, -0.2) is 0 Å². The van der Waals surface area contributed by atoms with E-state index in [1.54, 1.807) is 0 Å². The average molecular weight is 407 g/mol. The van der Waals surface area contributed by atoms with Crippen LogP contribution >= 0.6 is 0 Å². The first kappa shape index (κ1) is 21.4. The Balaban J connectivity index is 2.22. The largest absolute Gasteiger partial charge is 0.0801 e. The van der Waals surface area contributed by atoms with E-state index in [4.69, 9.17) is 0 Å². The second-order valence-electron chi connectivity index (χ2n) is 9.65.